The van der Waals surface area contributed by atoms with Crippen LogP contribution in [0.3, 0.4) is 0 Å². The van der Waals surface area contributed by atoms with Crippen LogP contribution in [0.15, 0.2) is 145 Å². The van der Waals surface area contributed by atoms with Gasteiger partial charge in [0.05, 0.1) is 17.6 Å². The molecular weight excluding hydrogens is 462 g/mol. The highest BCUT2D eigenvalue weighted by atomic mass is 15.5. The molecule has 0 atom stereocenters. The zero-order valence-electron chi connectivity index (χ0n) is 21.8. The highest BCUT2D eigenvalue weighted by Gasteiger charge is 2.12. The predicted molar refractivity (Wildman–Crippen MR) is 161 cm³/mol. The van der Waals surface area contributed by atoms with Crippen molar-refractivity contribution in [3.8, 4) is 0 Å². The van der Waals surface area contributed by atoms with Crippen molar-refractivity contribution in [1.29, 1.82) is 0 Å². The van der Waals surface area contributed by atoms with Crippen LogP contribution in [0.4, 0.5) is 17.1 Å². The minimum atomic E-state index is 0.849. The maximum absolute atomic E-state index is 4.95. The second-order valence-electron chi connectivity index (χ2n) is 9.29. The molecule has 3 nitrogen and oxygen atoms in total. The van der Waals surface area contributed by atoms with Crippen molar-refractivity contribution in [2.24, 2.45) is 5.10 Å². The van der Waals surface area contributed by atoms with Crippen molar-refractivity contribution < 1.29 is 0 Å². The van der Waals surface area contributed by atoms with Crippen molar-refractivity contribution in [2.45, 2.75) is 26.4 Å². The molecule has 0 N–H and O–H groups in total. The molecule has 0 radical (unpaired) electrons. The SMILES string of the molecule is CCc1cc(N(Cc2ccccc2)Cc2ccccc2)ccc1C=NN(c1ccccc1)c1ccccc1. The van der Waals surface area contributed by atoms with E-state index in [4.69, 9.17) is 5.10 Å². The van der Waals surface area contributed by atoms with Crippen LogP contribution in [-0.2, 0) is 19.5 Å². The van der Waals surface area contributed by atoms with Gasteiger partial charge in [-0.25, -0.2) is 5.01 Å². The first-order valence-electron chi connectivity index (χ1n) is 13.2. The normalized spacial score (nSPS) is 11.0. The van der Waals surface area contributed by atoms with Crippen LogP contribution in [0, 0.1) is 0 Å². The van der Waals surface area contributed by atoms with Crippen LogP contribution in [0.1, 0.15) is 29.2 Å². The summed E-state index contributed by atoms with van der Waals surface area (Å²) in [5.74, 6) is 0. The Morgan fingerprint density at radius 1 is 0.553 bits per heavy atom. The molecule has 0 amide bonds. The molecular formula is C35H33N3. The van der Waals surface area contributed by atoms with Crippen molar-refractivity contribution in [1.82, 2.24) is 0 Å². The lowest BCUT2D eigenvalue weighted by atomic mass is 10.0. The molecule has 5 aromatic carbocycles. The van der Waals surface area contributed by atoms with Crippen molar-refractivity contribution in [3.63, 3.8) is 0 Å². The van der Waals surface area contributed by atoms with E-state index >= 15 is 0 Å². The van der Waals surface area contributed by atoms with Crippen LogP contribution in [0.2, 0.25) is 0 Å². The zero-order chi connectivity index (χ0) is 26.0. The van der Waals surface area contributed by atoms with Gasteiger partial charge in [0.1, 0.15) is 0 Å². The van der Waals surface area contributed by atoms with E-state index in [1.165, 1.54) is 22.4 Å². The third-order valence-corrected chi connectivity index (χ3v) is 6.62. The smallest absolute Gasteiger partial charge is 0.0652 e. The van der Waals surface area contributed by atoms with Crippen molar-refractivity contribution in [3.05, 3.63) is 162 Å². The number of nitrogens with zero attached hydrogens (tertiary/aromatic N) is 3. The number of hydrogen-bond acceptors (Lipinski definition) is 3. The highest BCUT2D eigenvalue weighted by Crippen LogP contribution is 2.27. The molecule has 38 heavy (non-hydrogen) atoms. The molecule has 5 aromatic rings. The van der Waals surface area contributed by atoms with Gasteiger partial charge in [0.25, 0.3) is 0 Å². The molecule has 0 aromatic heterocycles. The Hall–Kier alpha value is -4.63. The number of hydrazone groups is 1. The van der Waals surface area contributed by atoms with E-state index < -0.39 is 0 Å². The minimum absolute atomic E-state index is 0.849. The number of para-hydroxylation sites is 2. The number of rotatable bonds is 10. The fourth-order valence-corrected chi connectivity index (χ4v) is 4.61. The summed E-state index contributed by atoms with van der Waals surface area (Å²) in [6, 6.07) is 48.7. The van der Waals surface area contributed by atoms with Gasteiger partial charge in [0, 0.05) is 18.8 Å². The molecule has 0 unspecified atom stereocenters. The van der Waals surface area contributed by atoms with E-state index in [-0.39, 0.29) is 0 Å². The molecule has 0 aliphatic heterocycles. The van der Waals surface area contributed by atoms with E-state index in [0.29, 0.717) is 0 Å². The molecule has 0 aliphatic rings. The lowest BCUT2D eigenvalue weighted by molar-refractivity contribution is 0.799. The van der Waals surface area contributed by atoms with Gasteiger partial charge in [-0.2, -0.15) is 5.10 Å². The molecule has 0 aliphatic carbocycles. The fourth-order valence-electron chi connectivity index (χ4n) is 4.61. The summed E-state index contributed by atoms with van der Waals surface area (Å²) in [6.45, 7) is 3.91. The van der Waals surface area contributed by atoms with E-state index in [1.54, 1.807) is 0 Å². The van der Waals surface area contributed by atoms with Gasteiger partial charge in [-0.3, -0.25) is 0 Å². The maximum atomic E-state index is 4.95. The fraction of sp³-hybridized carbons (Fsp3) is 0.114. The zero-order valence-corrected chi connectivity index (χ0v) is 21.8. The van der Waals surface area contributed by atoms with Crippen molar-refractivity contribution >= 4 is 23.3 Å². The summed E-state index contributed by atoms with van der Waals surface area (Å²) in [6.07, 6.45) is 2.91. The lowest BCUT2D eigenvalue weighted by Crippen LogP contribution is -2.22. The molecule has 0 heterocycles. The van der Waals surface area contributed by atoms with Gasteiger partial charge in [-0.1, -0.05) is 110 Å². The van der Waals surface area contributed by atoms with Gasteiger partial charge >= 0.3 is 0 Å². The standard InChI is InChI=1S/C35H33N3/c1-2-31-25-35(37(27-29-15-7-3-8-16-29)28-30-17-9-4-10-18-30)24-23-32(31)26-36-38(33-19-11-5-12-20-33)34-21-13-6-14-22-34/h3-26H,2,27-28H2,1H3. The van der Waals surface area contributed by atoms with Gasteiger partial charge in [-0.05, 0) is 65.1 Å². The monoisotopic (exact) mass is 495 g/mol. The predicted octanol–water partition coefficient (Wildman–Crippen LogP) is 8.63. The lowest BCUT2D eigenvalue weighted by Gasteiger charge is -2.26. The minimum Gasteiger partial charge on any atom is -0.363 e. The Morgan fingerprint density at radius 2 is 1.03 bits per heavy atom. The number of aryl methyl sites for hydroxylation is 1. The van der Waals surface area contributed by atoms with Gasteiger partial charge in [-0.15, -0.1) is 0 Å². The average Bonchev–Trinajstić information content (AvgIpc) is 2.99. The second-order valence-corrected chi connectivity index (χ2v) is 9.29. The Labute approximate surface area is 226 Å². The Balaban J connectivity index is 1.46. The van der Waals surface area contributed by atoms with E-state index in [9.17, 15) is 0 Å². The third-order valence-electron chi connectivity index (χ3n) is 6.62. The van der Waals surface area contributed by atoms with E-state index in [1.807, 2.05) is 47.6 Å². The third kappa shape index (κ3) is 6.37. The topological polar surface area (TPSA) is 18.8 Å². The summed E-state index contributed by atoms with van der Waals surface area (Å²) in [5, 5.41) is 6.94. The summed E-state index contributed by atoms with van der Waals surface area (Å²) in [4.78, 5) is 2.45. The van der Waals surface area contributed by atoms with E-state index in [2.05, 4.69) is 115 Å². The molecule has 5 rings (SSSR count). The molecule has 0 saturated heterocycles. The largest absolute Gasteiger partial charge is 0.363 e. The molecule has 0 saturated carbocycles. The molecule has 0 spiro atoms. The van der Waals surface area contributed by atoms with Crippen molar-refractivity contribution in [2.75, 3.05) is 9.91 Å². The Kier molecular flexibility index (Phi) is 8.27. The first-order valence-corrected chi connectivity index (χ1v) is 13.2. The second kappa shape index (κ2) is 12.6. The molecule has 0 fully saturated rings. The first kappa shape index (κ1) is 25.0. The quantitative estimate of drug-likeness (QED) is 0.143. The summed E-state index contributed by atoms with van der Waals surface area (Å²) < 4.78 is 0. The van der Waals surface area contributed by atoms with Gasteiger partial charge in [0.15, 0.2) is 0 Å². The Morgan fingerprint density at radius 3 is 1.50 bits per heavy atom. The van der Waals surface area contributed by atoms with Crippen LogP contribution < -0.4 is 9.91 Å². The van der Waals surface area contributed by atoms with Crippen LogP contribution in [0.25, 0.3) is 0 Å². The Bertz CT molecular complexity index is 1350. The van der Waals surface area contributed by atoms with Gasteiger partial charge < -0.3 is 4.90 Å². The van der Waals surface area contributed by atoms with E-state index in [0.717, 1.165) is 36.4 Å². The molecule has 3 heteroatoms. The summed E-state index contributed by atoms with van der Waals surface area (Å²) >= 11 is 0. The number of hydrogen-bond donors (Lipinski definition) is 0. The maximum Gasteiger partial charge on any atom is 0.0652 e. The van der Waals surface area contributed by atoms with Gasteiger partial charge in [0.2, 0.25) is 0 Å². The number of anilines is 3. The summed E-state index contributed by atoms with van der Waals surface area (Å²) in [7, 11) is 0. The van der Waals surface area contributed by atoms with Crippen LogP contribution >= 0.6 is 0 Å². The summed E-state index contributed by atoms with van der Waals surface area (Å²) in [5.41, 5.74) is 8.28. The average molecular weight is 496 g/mol. The van der Waals surface area contributed by atoms with Crippen LogP contribution in [0.5, 0.6) is 0 Å². The number of benzene rings is 5. The molecule has 0 bridgehead atoms. The van der Waals surface area contributed by atoms with Crippen LogP contribution in [-0.4, -0.2) is 6.21 Å². The first-order chi connectivity index (χ1) is 18.8. The highest BCUT2D eigenvalue weighted by molar-refractivity contribution is 5.84. The molecule has 188 valence electrons.